The van der Waals surface area contributed by atoms with Crippen molar-refractivity contribution >= 4 is 33.8 Å². The van der Waals surface area contributed by atoms with Crippen LogP contribution in [0.4, 0.5) is 5.69 Å². The molecule has 2 aromatic rings. The number of pyridine rings is 1. The first-order valence-corrected chi connectivity index (χ1v) is 8.05. The third-order valence-corrected chi connectivity index (χ3v) is 4.58. The fraction of sp³-hybridized carbons (Fsp3) is 0.412. The Kier molecular flexibility index (Phi) is 4.34. The largest absolute Gasteiger partial charge is 0.359 e. The van der Waals surface area contributed by atoms with Gasteiger partial charge in [0, 0.05) is 34.9 Å². The van der Waals surface area contributed by atoms with Crippen LogP contribution in [-0.4, -0.2) is 16.1 Å². The lowest BCUT2D eigenvalue weighted by Crippen LogP contribution is -2.43. The number of hydrogen-bond donors (Lipinski definition) is 2. The molecule has 1 aliphatic carbocycles. The molecule has 1 heterocycles. The molecule has 0 bridgehead atoms. The predicted octanol–water partition coefficient (Wildman–Crippen LogP) is 4.10. The van der Waals surface area contributed by atoms with Crippen LogP contribution < -0.4 is 10.6 Å². The molecular formula is C17H21N3S. The zero-order valence-electron chi connectivity index (χ0n) is 12.3. The molecule has 1 saturated carbocycles. The van der Waals surface area contributed by atoms with Crippen molar-refractivity contribution in [3.8, 4) is 0 Å². The molecular weight excluding hydrogens is 278 g/mol. The molecule has 1 aromatic carbocycles. The molecule has 3 nitrogen and oxygen atoms in total. The van der Waals surface area contributed by atoms with Crippen LogP contribution in [0, 0.1) is 5.92 Å². The monoisotopic (exact) mass is 299 g/mol. The maximum atomic E-state index is 5.49. The Morgan fingerprint density at radius 2 is 2.10 bits per heavy atom. The Hall–Kier alpha value is -1.68. The van der Waals surface area contributed by atoms with E-state index in [1.807, 2.05) is 24.5 Å². The van der Waals surface area contributed by atoms with Gasteiger partial charge < -0.3 is 10.6 Å². The summed E-state index contributed by atoms with van der Waals surface area (Å²) >= 11 is 5.49. The van der Waals surface area contributed by atoms with E-state index in [1.165, 1.54) is 25.7 Å². The average molecular weight is 299 g/mol. The summed E-state index contributed by atoms with van der Waals surface area (Å²) in [6, 6.07) is 8.66. The number of nitrogens with one attached hydrogen (secondary N) is 2. The molecule has 0 saturated heterocycles. The Bertz CT molecular complexity index is 635. The number of rotatable bonds is 2. The van der Waals surface area contributed by atoms with Gasteiger partial charge in [0.15, 0.2) is 5.11 Å². The van der Waals surface area contributed by atoms with Crippen molar-refractivity contribution in [1.82, 2.24) is 10.3 Å². The highest BCUT2D eigenvalue weighted by Gasteiger charge is 2.21. The number of thiocarbonyl (C=S) groups is 1. The van der Waals surface area contributed by atoms with Crippen molar-refractivity contribution < 1.29 is 0 Å². The van der Waals surface area contributed by atoms with Gasteiger partial charge >= 0.3 is 0 Å². The first-order valence-electron chi connectivity index (χ1n) is 7.64. The van der Waals surface area contributed by atoms with Crippen molar-refractivity contribution in [2.24, 2.45) is 5.92 Å². The van der Waals surface area contributed by atoms with E-state index in [9.17, 15) is 0 Å². The summed E-state index contributed by atoms with van der Waals surface area (Å²) < 4.78 is 0. The molecule has 1 aromatic heterocycles. The van der Waals surface area contributed by atoms with Crippen molar-refractivity contribution in [3.05, 3.63) is 36.7 Å². The van der Waals surface area contributed by atoms with E-state index in [0.717, 1.165) is 21.6 Å². The van der Waals surface area contributed by atoms with Crippen molar-refractivity contribution in [3.63, 3.8) is 0 Å². The molecule has 21 heavy (non-hydrogen) atoms. The van der Waals surface area contributed by atoms with Gasteiger partial charge in [-0.25, -0.2) is 0 Å². The Morgan fingerprint density at radius 1 is 1.24 bits per heavy atom. The molecule has 0 spiro atoms. The lowest BCUT2D eigenvalue weighted by atomic mass is 9.86. The van der Waals surface area contributed by atoms with Crippen LogP contribution in [0.1, 0.15) is 32.6 Å². The summed E-state index contributed by atoms with van der Waals surface area (Å²) in [5.74, 6) is 0.690. The number of benzene rings is 1. The molecule has 0 radical (unpaired) electrons. The Balaban J connectivity index is 1.71. The van der Waals surface area contributed by atoms with Crippen LogP contribution in [0.25, 0.3) is 10.8 Å². The Labute approximate surface area is 131 Å². The van der Waals surface area contributed by atoms with Crippen molar-refractivity contribution in [2.45, 2.75) is 38.6 Å². The Morgan fingerprint density at radius 3 is 2.95 bits per heavy atom. The minimum Gasteiger partial charge on any atom is -0.359 e. The molecule has 3 rings (SSSR count). The van der Waals surface area contributed by atoms with E-state index < -0.39 is 0 Å². The summed E-state index contributed by atoms with van der Waals surface area (Å²) in [4.78, 5) is 4.16. The van der Waals surface area contributed by atoms with E-state index in [2.05, 4.69) is 34.7 Å². The maximum Gasteiger partial charge on any atom is 0.171 e. The minimum atomic E-state index is 0.496. The molecule has 1 aliphatic rings. The minimum absolute atomic E-state index is 0.496. The van der Waals surface area contributed by atoms with E-state index in [1.54, 1.807) is 0 Å². The van der Waals surface area contributed by atoms with Crippen LogP contribution in [0.15, 0.2) is 36.7 Å². The quantitative estimate of drug-likeness (QED) is 0.819. The highest BCUT2D eigenvalue weighted by atomic mass is 32.1. The molecule has 1 fully saturated rings. The highest BCUT2D eigenvalue weighted by Crippen LogP contribution is 2.25. The zero-order valence-corrected chi connectivity index (χ0v) is 13.1. The fourth-order valence-corrected chi connectivity index (χ4v) is 3.35. The number of hydrogen-bond acceptors (Lipinski definition) is 2. The van der Waals surface area contributed by atoms with E-state index in [4.69, 9.17) is 12.2 Å². The van der Waals surface area contributed by atoms with Gasteiger partial charge in [0.05, 0.1) is 0 Å². The lowest BCUT2D eigenvalue weighted by molar-refractivity contribution is 0.309. The third-order valence-electron chi connectivity index (χ3n) is 4.36. The summed E-state index contributed by atoms with van der Waals surface area (Å²) in [5, 5.41) is 9.82. The SMILES string of the molecule is C[C@@H]1CCCC[C@H]1NC(=S)Nc1cccc2cnccc12. The zero-order chi connectivity index (χ0) is 14.7. The predicted molar refractivity (Wildman–Crippen MR) is 92.5 cm³/mol. The van der Waals surface area contributed by atoms with Gasteiger partial charge in [0.2, 0.25) is 0 Å². The number of nitrogens with zero attached hydrogens (tertiary/aromatic N) is 1. The second kappa shape index (κ2) is 6.39. The number of aromatic nitrogens is 1. The molecule has 4 heteroatoms. The highest BCUT2D eigenvalue weighted by molar-refractivity contribution is 7.80. The second-order valence-electron chi connectivity index (χ2n) is 5.87. The summed E-state index contributed by atoms with van der Waals surface area (Å²) in [7, 11) is 0. The van der Waals surface area contributed by atoms with Gasteiger partial charge in [0.1, 0.15) is 0 Å². The lowest BCUT2D eigenvalue weighted by Gasteiger charge is -2.30. The van der Waals surface area contributed by atoms with Gasteiger partial charge in [-0.1, -0.05) is 31.9 Å². The first-order chi connectivity index (χ1) is 10.2. The molecule has 110 valence electrons. The van der Waals surface area contributed by atoms with Gasteiger partial charge in [-0.2, -0.15) is 0 Å². The smallest absolute Gasteiger partial charge is 0.171 e. The summed E-state index contributed by atoms with van der Waals surface area (Å²) in [6.07, 6.45) is 8.83. The molecule has 0 unspecified atom stereocenters. The number of anilines is 1. The van der Waals surface area contributed by atoms with E-state index >= 15 is 0 Å². The van der Waals surface area contributed by atoms with Crippen LogP contribution in [0.5, 0.6) is 0 Å². The topological polar surface area (TPSA) is 37.0 Å². The molecule has 0 amide bonds. The average Bonchev–Trinajstić information content (AvgIpc) is 2.50. The van der Waals surface area contributed by atoms with Crippen LogP contribution in [0.3, 0.4) is 0 Å². The van der Waals surface area contributed by atoms with E-state index in [-0.39, 0.29) is 0 Å². The first kappa shape index (κ1) is 14.3. The third kappa shape index (κ3) is 3.32. The second-order valence-corrected chi connectivity index (χ2v) is 6.28. The molecule has 0 aliphatic heterocycles. The van der Waals surface area contributed by atoms with Gasteiger partial charge in [-0.3, -0.25) is 4.98 Å². The summed E-state index contributed by atoms with van der Waals surface area (Å²) in [6.45, 7) is 2.31. The van der Waals surface area contributed by atoms with Crippen LogP contribution in [0.2, 0.25) is 0 Å². The van der Waals surface area contributed by atoms with E-state index in [0.29, 0.717) is 12.0 Å². The molecule has 2 N–H and O–H groups in total. The fourth-order valence-electron chi connectivity index (χ4n) is 3.09. The normalized spacial score (nSPS) is 22.0. The van der Waals surface area contributed by atoms with Crippen molar-refractivity contribution in [2.75, 3.05) is 5.32 Å². The van der Waals surface area contributed by atoms with Crippen LogP contribution in [-0.2, 0) is 0 Å². The van der Waals surface area contributed by atoms with Gasteiger partial charge in [-0.05, 0) is 43.1 Å². The maximum absolute atomic E-state index is 5.49. The number of fused-ring (bicyclic) bond motifs is 1. The van der Waals surface area contributed by atoms with Gasteiger partial charge in [0.25, 0.3) is 0 Å². The summed E-state index contributed by atoms with van der Waals surface area (Å²) in [5.41, 5.74) is 1.04. The van der Waals surface area contributed by atoms with Crippen molar-refractivity contribution in [1.29, 1.82) is 0 Å². The standard InChI is InChI=1S/C17H21N3S/c1-12-5-2-3-7-15(12)19-17(21)20-16-8-4-6-13-11-18-10-9-14(13)16/h4,6,8-12,15H,2-3,5,7H2,1H3,(H2,19,20,21)/t12-,15-/m1/s1. The van der Waals surface area contributed by atoms with Crippen LogP contribution >= 0.6 is 12.2 Å². The van der Waals surface area contributed by atoms with Gasteiger partial charge in [-0.15, -0.1) is 0 Å². The molecule has 2 atom stereocenters.